The Morgan fingerprint density at radius 3 is 2.22 bits per heavy atom. The molecule has 0 atom stereocenters. The van der Waals surface area contributed by atoms with Crippen molar-refractivity contribution in [1.82, 2.24) is 0 Å². The molecule has 0 saturated carbocycles. The average molecular weight is 300 g/mol. The molecule has 2 heteroatoms. The maximum absolute atomic E-state index is 4.71. The van der Waals surface area contributed by atoms with Crippen molar-refractivity contribution >= 4 is 11.9 Å². The molecular weight excluding hydrogens is 280 g/mol. The third-order valence-electron chi connectivity index (χ3n) is 3.62. The van der Waals surface area contributed by atoms with Crippen LogP contribution >= 0.6 is 0 Å². The molecule has 0 bridgehead atoms. The van der Waals surface area contributed by atoms with Crippen LogP contribution in [0.3, 0.4) is 0 Å². The molecule has 0 amide bonds. The average Bonchev–Trinajstić information content (AvgIpc) is 2.60. The molecule has 0 aliphatic heterocycles. The van der Waals surface area contributed by atoms with Crippen LogP contribution in [0.2, 0.25) is 0 Å². The van der Waals surface area contributed by atoms with Gasteiger partial charge in [-0.25, -0.2) is 0 Å². The molecule has 0 unspecified atom stereocenters. The van der Waals surface area contributed by atoms with Gasteiger partial charge >= 0.3 is 0 Å². The van der Waals surface area contributed by atoms with E-state index >= 15 is 0 Å². The third-order valence-corrected chi connectivity index (χ3v) is 3.62. The molecule has 23 heavy (non-hydrogen) atoms. The zero-order chi connectivity index (χ0) is 15.9. The number of hydrogen-bond donors (Lipinski definition) is 0. The van der Waals surface area contributed by atoms with Crippen molar-refractivity contribution in [3.63, 3.8) is 0 Å². The standard InChI is InChI=1S/C21H20N2/c1-18-9-8-12-20(15-18)16-22-23(21-13-6-3-7-14-21)17-19-10-4-2-5-11-19/h2-16H,17H2,1H3/b22-16+. The number of anilines is 1. The molecule has 0 aliphatic rings. The highest BCUT2D eigenvalue weighted by Gasteiger charge is 2.05. The first-order valence-corrected chi connectivity index (χ1v) is 7.78. The van der Waals surface area contributed by atoms with Crippen LogP contribution in [0.25, 0.3) is 0 Å². The fourth-order valence-corrected chi connectivity index (χ4v) is 2.44. The van der Waals surface area contributed by atoms with Gasteiger partial charge in [-0.05, 0) is 30.2 Å². The van der Waals surface area contributed by atoms with Gasteiger partial charge in [-0.2, -0.15) is 5.10 Å². The summed E-state index contributed by atoms with van der Waals surface area (Å²) in [6, 6.07) is 29.0. The predicted octanol–water partition coefficient (Wildman–Crippen LogP) is 5.04. The van der Waals surface area contributed by atoms with Crippen LogP contribution in [0.15, 0.2) is 90.0 Å². The highest BCUT2D eigenvalue weighted by Crippen LogP contribution is 2.17. The first kappa shape index (κ1) is 15.0. The monoisotopic (exact) mass is 300 g/mol. The first-order chi connectivity index (χ1) is 11.3. The highest BCUT2D eigenvalue weighted by atomic mass is 15.4. The Hall–Kier alpha value is -2.87. The van der Waals surface area contributed by atoms with Crippen LogP contribution in [0, 0.1) is 6.92 Å². The van der Waals surface area contributed by atoms with Crippen LogP contribution in [-0.2, 0) is 6.54 Å². The van der Waals surface area contributed by atoms with Crippen LogP contribution in [-0.4, -0.2) is 6.21 Å². The fraction of sp³-hybridized carbons (Fsp3) is 0.0952. The molecule has 0 radical (unpaired) electrons. The smallest absolute Gasteiger partial charge is 0.0666 e. The minimum atomic E-state index is 0.743. The zero-order valence-electron chi connectivity index (χ0n) is 13.3. The molecule has 3 rings (SSSR count). The van der Waals surface area contributed by atoms with Gasteiger partial charge in [0.2, 0.25) is 0 Å². The van der Waals surface area contributed by atoms with E-state index in [1.54, 1.807) is 0 Å². The second kappa shape index (κ2) is 7.41. The summed E-state index contributed by atoms with van der Waals surface area (Å²) in [6.45, 7) is 2.84. The van der Waals surface area contributed by atoms with E-state index in [1.807, 2.05) is 35.5 Å². The number of aryl methyl sites for hydroxylation is 1. The number of hydrazone groups is 1. The minimum absolute atomic E-state index is 0.743. The quantitative estimate of drug-likeness (QED) is 0.476. The van der Waals surface area contributed by atoms with Gasteiger partial charge < -0.3 is 0 Å². The number of rotatable bonds is 5. The first-order valence-electron chi connectivity index (χ1n) is 7.78. The lowest BCUT2D eigenvalue weighted by molar-refractivity contribution is 0.858. The van der Waals surface area contributed by atoms with E-state index in [-0.39, 0.29) is 0 Å². The second-order valence-electron chi connectivity index (χ2n) is 5.54. The van der Waals surface area contributed by atoms with Crippen LogP contribution < -0.4 is 5.01 Å². The van der Waals surface area contributed by atoms with E-state index in [4.69, 9.17) is 5.10 Å². The third kappa shape index (κ3) is 4.30. The Kier molecular flexibility index (Phi) is 4.85. The summed E-state index contributed by atoms with van der Waals surface area (Å²) in [5.41, 5.74) is 4.67. The van der Waals surface area contributed by atoms with Crippen LogP contribution in [0.5, 0.6) is 0 Å². The van der Waals surface area contributed by atoms with E-state index < -0.39 is 0 Å². The SMILES string of the molecule is Cc1cccc(/C=N/N(Cc2ccccc2)c2ccccc2)c1. The Labute approximate surface area is 137 Å². The molecule has 2 nitrogen and oxygen atoms in total. The van der Waals surface area contributed by atoms with E-state index in [1.165, 1.54) is 11.1 Å². The van der Waals surface area contributed by atoms with Crippen molar-refractivity contribution in [2.45, 2.75) is 13.5 Å². The summed E-state index contributed by atoms with van der Waals surface area (Å²) >= 11 is 0. The minimum Gasteiger partial charge on any atom is -0.261 e. The predicted molar refractivity (Wildman–Crippen MR) is 97.8 cm³/mol. The van der Waals surface area contributed by atoms with E-state index in [0.29, 0.717) is 0 Å². The summed E-state index contributed by atoms with van der Waals surface area (Å²) in [5, 5.41) is 6.73. The largest absolute Gasteiger partial charge is 0.261 e. The zero-order valence-corrected chi connectivity index (χ0v) is 13.3. The Bertz CT molecular complexity index is 764. The number of nitrogens with zero attached hydrogens (tertiary/aromatic N) is 2. The molecule has 0 heterocycles. The van der Waals surface area contributed by atoms with Crippen molar-refractivity contribution in [2.24, 2.45) is 5.10 Å². The number of hydrogen-bond acceptors (Lipinski definition) is 2. The van der Waals surface area contributed by atoms with Gasteiger partial charge in [-0.1, -0.05) is 78.4 Å². The molecule has 0 aromatic heterocycles. The molecule has 3 aromatic rings. The summed E-state index contributed by atoms with van der Waals surface area (Å²) in [7, 11) is 0. The molecule has 0 saturated heterocycles. The highest BCUT2D eigenvalue weighted by molar-refractivity contribution is 5.80. The van der Waals surface area contributed by atoms with Gasteiger partial charge in [0, 0.05) is 0 Å². The van der Waals surface area contributed by atoms with Crippen molar-refractivity contribution in [1.29, 1.82) is 0 Å². The lowest BCUT2D eigenvalue weighted by Crippen LogP contribution is -2.16. The summed E-state index contributed by atoms with van der Waals surface area (Å²) < 4.78 is 0. The maximum atomic E-state index is 4.71. The van der Waals surface area contributed by atoms with Crippen molar-refractivity contribution in [3.8, 4) is 0 Å². The summed E-state index contributed by atoms with van der Waals surface area (Å²) in [4.78, 5) is 0. The normalized spacial score (nSPS) is 10.8. The number of para-hydroxylation sites is 1. The lowest BCUT2D eigenvalue weighted by Gasteiger charge is -2.19. The second-order valence-corrected chi connectivity index (χ2v) is 5.54. The molecule has 0 N–H and O–H groups in total. The van der Waals surface area contributed by atoms with Crippen LogP contribution in [0.1, 0.15) is 16.7 Å². The summed E-state index contributed by atoms with van der Waals surface area (Å²) in [5.74, 6) is 0. The van der Waals surface area contributed by atoms with E-state index in [0.717, 1.165) is 17.8 Å². The fourth-order valence-electron chi connectivity index (χ4n) is 2.44. The molecule has 0 fully saturated rings. The lowest BCUT2D eigenvalue weighted by atomic mass is 10.1. The Morgan fingerprint density at radius 2 is 1.52 bits per heavy atom. The van der Waals surface area contributed by atoms with Gasteiger partial charge in [0.1, 0.15) is 0 Å². The Balaban J connectivity index is 1.86. The maximum Gasteiger partial charge on any atom is 0.0666 e. The Morgan fingerprint density at radius 1 is 0.826 bits per heavy atom. The van der Waals surface area contributed by atoms with Crippen molar-refractivity contribution in [2.75, 3.05) is 5.01 Å². The van der Waals surface area contributed by atoms with E-state index in [9.17, 15) is 0 Å². The molecule has 0 spiro atoms. The molecule has 114 valence electrons. The topological polar surface area (TPSA) is 15.6 Å². The number of benzene rings is 3. The summed E-state index contributed by atoms with van der Waals surface area (Å²) in [6.07, 6.45) is 1.92. The molecular formula is C21H20N2. The molecule has 3 aromatic carbocycles. The molecule has 0 aliphatic carbocycles. The van der Waals surface area contributed by atoms with Gasteiger partial charge in [0.05, 0.1) is 18.4 Å². The van der Waals surface area contributed by atoms with Gasteiger partial charge in [-0.3, -0.25) is 5.01 Å². The van der Waals surface area contributed by atoms with Gasteiger partial charge in [-0.15, -0.1) is 0 Å². The van der Waals surface area contributed by atoms with Gasteiger partial charge in [0.15, 0.2) is 0 Å². The van der Waals surface area contributed by atoms with Gasteiger partial charge in [0.25, 0.3) is 0 Å². The van der Waals surface area contributed by atoms with Crippen LogP contribution in [0.4, 0.5) is 5.69 Å². The van der Waals surface area contributed by atoms with Crippen molar-refractivity contribution in [3.05, 3.63) is 102 Å². The van der Waals surface area contributed by atoms with E-state index in [2.05, 4.69) is 67.6 Å². The van der Waals surface area contributed by atoms with Crippen molar-refractivity contribution < 1.29 is 0 Å².